The van der Waals surface area contributed by atoms with Crippen LogP contribution in [0.4, 0.5) is 34.9 Å². The van der Waals surface area contributed by atoms with Crippen LogP contribution in [0.3, 0.4) is 0 Å². The molecule has 19 heavy (non-hydrogen) atoms. The average molecular weight is 291 g/mol. The first-order valence-electron chi connectivity index (χ1n) is 4.59. The van der Waals surface area contributed by atoms with Gasteiger partial charge in [-0.25, -0.2) is 13.2 Å². The van der Waals surface area contributed by atoms with E-state index in [9.17, 15) is 34.9 Å². The molecule has 0 aromatic heterocycles. The van der Waals surface area contributed by atoms with Gasteiger partial charge in [-0.1, -0.05) is 0 Å². The maximum Gasteiger partial charge on any atom is 0.508 e. The number of halogens is 8. The van der Waals surface area contributed by atoms with E-state index in [0.717, 1.165) is 0 Å². The van der Waals surface area contributed by atoms with Crippen LogP contribution in [0.15, 0.2) is 12.1 Å². The van der Waals surface area contributed by atoms with Gasteiger partial charge in [0, 0.05) is 0 Å². The zero-order valence-electron chi connectivity index (χ0n) is 8.92. The third-order valence-corrected chi connectivity index (χ3v) is 2.03. The summed E-state index contributed by atoms with van der Waals surface area (Å²) in [5.41, 5.74) is -1.48. The predicted molar refractivity (Wildman–Crippen MR) is 49.9 cm³/mol. The SMILES string of the molecule is C=C(COc1c(F)c(F)c(F)c(F)c1F)[B-](F)(F)F. The van der Waals surface area contributed by atoms with Crippen molar-refractivity contribution in [2.75, 3.05) is 6.61 Å². The van der Waals surface area contributed by atoms with Crippen molar-refractivity contribution in [1.82, 2.24) is 0 Å². The van der Waals surface area contributed by atoms with E-state index in [0.29, 0.717) is 0 Å². The van der Waals surface area contributed by atoms with E-state index in [1.807, 2.05) is 0 Å². The molecule has 0 heterocycles. The highest BCUT2D eigenvalue weighted by Crippen LogP contribution is 2.30. The Bertz CT molecular complexity index is 495. The van der Waals surface area contributed by atoms with Gasteiger partial charge in [0.15, 0.2) is 5.75 Å². The summed E-state index contributed by atoms with van der Waals surface area (Å²) >= 11 is 0. The largest absolute Gasteiger partial charge is 0.508 e. The summed E-state index contributed by atoms with van der Waals surface area (Å²) in [6.45, 7) is -4.45. The summed E-state index contributed by atoms with van der Waals surface area (Å²) in [7, 11) is 0. The second-order valence-corrected chi connectivity index (χ2v) is 3.42. The highest BCUT2D eigenvalue weighted by molar-refractivity contribution is 6.66. The second-order valence-electron chi connectivity index (χ2n) is 3.42. The molecule has 106 valence electrons. The summed E-state index contributed by atoms with van der Waals surface area (Å²) < 4.78 is 104. The molecular weight excluding hydrogens is 287 g/mol. The van der Waals surface area contributed by atoms with Gasteiger partial charge < -0.3 is 17.7 Å². The third-order valence-electron chi connectivity index (χ3n) is 2.03. The van der Waals surface area contributed by atoms with Crippen molar-refractivity contribution in [1.29, 1.82) is 0 Å². The molecule has 0 amide bonds. The van der Waals surface area contributed by atoms with Crippen LogP contribution in [0.1, 0.15) is 0 Å². The molecule has 0 bridgehead atoms. The highest BCUT2D eigenvalue weighted by atomic mass is 19.4. The second kappa shape index (κ2) is 5.10. The van der Waals surface area contributed by atoms with E-state index in [1.165, 1.54) is 0 Å². The zero-order chi connectivity index (χ0) is 15.0. The molecule has 0 N–H and O–H groups in total. The number of benzene rings is 1. The van der Waals surface area contributed by atoms with Crippen LogP contribution in [0, 0.1) is 29.1 Å². The monoisotopic (exact) mass is 291 g/mol. The van der Waals surface area contributed by atoms with E-state index < -0.39 is 53.9 Å². The lowest BCUT2D eigenvalue weighted by molar-refractivity contribution is 0.281. The maximum absolute atomic E-state index is 13.0. The summed E-state index contributed by atoms with van der Waals surface area (Å²) in [6, 6.07) is 0. The molecule has 0 spiro atoms. The number of hydrogen-bond acceptors (Lipinski definition) is 1. The predicted octanol–water partition coefficient (Wildman–Crippen LogP) is 3.70. The number of ether oxygens (including phenoxy) is 1. The summed E-state index contributed by atoms with van der Waals surface area (Å²) in [5.74, 6) is -13.5. The molecule has 0 saturated carbocycles. The van der Waals surface area contributed by atoms with Crippen LogP contribution in [-0.4, -0.2) is 13.6 Å². The van der Waals surface area contributed by atoms with Gasteiger partial charge in [-0.3, -0.25) is 0 Å². The first-order valence-corrected chi connectivity index (χ1v) is 4.59. The van der Waals surface area contributed by atoms with Crippen molar-refractivity contribution in [3.8, 4) is 5.75 Å². The fraction of sp³-hybridized carbons (Fsp3) is 0.111. The Kier molecular flexibility index (Phi) is 4.11. The molecule has 1 aromatic carbocycles. The molecule has 10 heteroatoms. The fourth-order valence-electron chi connectivity index (χ4n) is 0.971. The Hall–Kier alpha value is -1.74. The molecule has 1 rings (SSSR count). The van der Waals surface area contributed by atoms with Crippen molar-refractivity contribution < 1.29 is 39.6 Å². The summed E-state index contributed by atoms with van der Waals surface area (Å²) in [6.07, 6.45) is 0. The van der Waals surface area contributed by atoms with Gasteiger partial charge in [0.1, 0.15) is 0 Å². The van der Waals surface area contributed by atoms with Crippen LogP contribution >= 0.6 is 0 Å². The van der Waals surface area contributed by atoms with Crippen molar-refractivity contribution in [3.05, 3.63) is 41.1 Å². The zero-order valence-corrected chi connectivity index (χ0v) is 8.92. The van der Waals surface area contributed by atoms with Crippen LogP contribution < -0.4 is 4.74 Å². The lowest BCUT2D eigenvalue weighted by atomic mass is 9.81. The molecule has 0 atom stereocenters. The molecule has 0 radical (unpaired) electrons. The average Bonchev–Trinajstić information content (AvgIpc) is 2.32. The van der Waals surface area contributed by atoms with Crippen LogP contribution in [0.2, 0.25) is 0 Å². The van der Waals surface area contributed by atoms with Gasteiger partial charge >= 0.3 is 6.98 Å². The molecule has 1 nitrogen and oxygen atoms in total. The van der Waals surface area contributed by atoms with E-state index in [4.69, 9.17) is 0 Å². The van der Waals surface area contributed by atoms with E-state index in [2.05, 4.69) is 11.3 Å². The van der Waals surface area contributed by atoms with E-state index >= 15 is 0 Å². The Labute approximate surface area is 101 Å². The fourth-order valence-corrected chi connectivity index (χ4v) is 0.971. The number of hydrogen-bond donors (Lipinski definition) is 0. The lowest BCUT2D eigenvalue weighted by Crippen LogP contribution is -2.24. The molecule has 0 unspecified atom stereocenters. The van der Waals surface area contributed by atoms with Gasteiger partial charge in [-0.2, -0.15) is 8.78 Å². The van der Waals surface area contributed by atoms with E-state index in [-0.39, 0.29) is 0 Å². The highest BCUT2D eigenvalue weighted by Gasteiger charge is 2.30. The minimum absolute atomic E-state index is 1.44. The van der Waals surface area contributed by atoms with Crippen LogP contribution in [0.25, 0.3) is 0 Å². The van der Waals surface area contributed by atoms with Crippen LogP contribution in [0.5, 0.6) is 5.75 Å². The first kappa shape index (κ1) is 15.3. The Morgan fingerprint density at radius 1 is 0.842 bits per heavy atom. The van der Waals surface area contributed by atoms with Crippen molar-refractivity contribution in [2.45, 2.75) is 0 Å². The quantitative estimate of drug-likeness (QED) is 0.356. The Morgan fingerprint density at radius 2 is 1.21 bits per heavy atom. The van der Waals surface area contributed by atoms with Gasteiger partial charge in [0.2, 0.25) is 29.1 Å². The van der Waals surface area contributed by atoms with Gasteiger partial charge in [-0.15, -0.1) is 12.1 Å². The molecule has 0 saturated heterocycles. The summed E-state index contributed by atoms with van der Waals surface area (Å²) in [5, 5.41) is 0. The van der Waals surface area contributed by atoms with Crippen molar-refractivity contribution >= 4 is 6.98 Å². The standard InChI is InChI=1S/C9H4BF8O/c1-3(10(16,17)18)2-19-9-7(14)5(12)4(11)6(13)8(9)15/h1-2H2/q-1. The molecule has 0 aliphatic heterocycles. The number of rotatable bonds is 4. The smallest absolute Gasteiger partial charge is 0.486 e. The topological polar surface area (TPSA) is 9.23 Å². The molecular formula is C9H4BF8O-. The van der Waals surface area contributed by atoms with Crippen molar-refractivity contribution in [3.63, 3.8) is 0 Å². The minimum Gasteiger partial charge on any atom is -0.486 e. The first-order chi connectivity index (χ1) is 8.57. The molecule has 1 aromatic rings. The minimum atomic E-state index is -5.54. The molecule has 0 aliphatic carbocycles. The maximum atomic E-state index is 13.0. The Balaban J connectivity index is 3.07. The van der Waals surface area contributed by atoms with Crippen LogP contribution in [-0.2, 0) is 0 Å². The summed E-state index contributed by atoms with van der Waals surface area (Å²) in [4.78, 5) is 0. The van der Waals surface area contributed by atoms with Crippen molar-refractivity contribution in [2.24, 2.45) is 0 Å². The van der Waals surface area contributed by atoms with Gasteiger partial charge in [0.05, 0.1) is 6.61 Å². The molecule has 0 aliphatic rings. The molecule has 0 fully saturated rings. The lowest BCUT2D eigenvalue weighted by Gasteiger charge is -2.18. The van der Waals surface area contributed by atoms with Gasteiger partial charge in [0.25, 0.3) is 0 Å². The van der Waals surface area contributed by atoms with E-state index in [1.54, 1.807) is 0 Å². The van der Waals surface area contributed by atoms with Gasteiger partial charge in [-0.05, 0) is 0 Å². The Morgan fingerprint density at radius 3 is 1.58 bits per heavy atom. The normalized spacial score (nSPS) is 11.6. The third kappa shape index (κ3) is 2.99.